The molecule has 112 valence electrons. The smallest absolute Gasteiger partial charge is 0.0870 e. The molecule has 2 atom stereocenters. The number of likely N-dealkylation sites (tertiary alicyclic amines) is 1. The molecular weight excluding hydrogens is 270 g/mol. The normalized spacial score (nSPS) is 28.1. The van der Waals surface area contributed by atoms with Crippen LogP contribution in [0.1, 0.15) is 4.88 Å². The minimum Gasteiger partial charge on any atom is -0.374 e. The molecule has 2 aliphatic rings. The van der Waals surface area contributed by atoms with Gasteiger partial charge >= 0.3 is 0 Å². The van der Waals surface area contributed by atoms with Gasteiger partial charge in [-0.2, -0.15) is 0 Å². The molecule has 4 nitrogen and oxygen atoms in total. The van der Waals surface area contributed by atoms with Gasteiger partial charge in [-0.25, -0.2) is 0 Å². The molecule has 1 aromatic heterocycles. The van der Waals surface area contributed by atoms with Crippen LogP contribution in [0.3, 0.4) is 0 Å². The van der Waals surface area contributed by atoms with E-state index in [1.807, 2.05) is 11.3 Å². The van der Waals surface area contributed by atoms with Gasteiger partial charge in [-0.1, -0.05) is 6.07 Å². The summed E-state index contributed by atoms with van der Waals surface area (Å²) in [7, 11) is 4.30. The van der Waals surface area contributed by atoms with Crippen LogP contribution in [0.25, 0.3) is 0 Å². The number of ether oxygens (including phenoxy) is 1. The quantitative estimate of drug-likeness (QED) is 0.812. The van der Waals surface area contributed by atoms with E-state index in [1.165, 1.54) is 4.88 Å². The zero-order valence-electron chi connectivity index (χ0n) is 12.5. The molecule has 2 saturated heterocycles. The number of fused-ring (bicyclic) bond motifs is 1. The molecule has 0 amide bonds. The second-order valence-corrected chi connectivity index (χ2v) is 7.12. The summed E-state index contributed by atoms with van der Waals surface area (Å²) in [4.78, 5) is 8.91. The highest BCUT2D eigenvalue weighted by molar-refractivity contribution is 7.09. The van der Waals surface area contributed by atoms with E-state index in [4.69, 9.17) is 4.74 Å². The third kappa shape index (κ3) is 3.40. The SMILES string of the molecule is CN(C)CCN1CCO[C@@H]2CN(Cc3cccs3)C[C@@H]21. The van der Waals surface area contributed by atoms with Crippen molar-refractivity contribution < 1.29 is 4.74 Å². The molecule has 0 aromatic carbocycles. The molecule has 1 aromatic rings. The van der Waals surface area contributed by atoms with Crippen LogP contribution in [0.2, 0.25) is 0 Å². The summed E-state index contributed by atoms with van der Waals surface area (Å²) in [5.74, 6) is 0. The van der Waals surface area contributed by atoms with Crippen molar-refractivity contribution in [2.75, 3.05) is 53.4 Å². The molecule has 0 saturated carbocycles. The summed E-state index contributed by atoms with van der Waals surface area (Å²) >= 11 is 1.86. The Hall–Kier alpha value is -0.460. The first-order chi connectivity index (χ1) is 9.72. The summed E-state index contributed by atoms with van der Waals surface area (Å²) in [6.45, 7) is 7.58. The van der Waals surface area contributed by atoms with Crippen LogP contribution in [-0.4, -0.2) is 80.3 Å². The van der Waals surface area contributed by atoms with Gasteiger partial charge in [0.2, 0.25) is 0 Å². The Balaban J connectivity index is 1.57. The predicted octanol–water partition coefficient (Wildman–Crippen LogP) is 1.19. The van der Waals surface area contributed by atoms with Gasteiger partial charge < -0.3 is 9.64 Å². The van der Waals surface area contributed by atoms with E-state index < -0.39 is 0 Å². The molecule has 0 N–H and O–H groups in total. The lowest BCUT2D eigenvalue weighted by molar-refractivity contribution is -0.0483. The van der Waals surface area contributed by atoms with Crippen molar-refractivity contribution in [2.24, 2.45) is 0 Å². The lowest BCUT2D eigenvalue weighted by Gasteiger charge is -2.37. The number of hydrogen-bond donors (Lipinski definition) is 0. The van der Waals surface area contributed by atoms with E-state index >= 15 is 0 Å². The zero-order valence-corrected chi connectivity index (χ0v) is 13.3. The number of thiophene rings is 1. The molecule has 20 heavy (non-hydrogen) atoms. The molecule has 0 unspecified atom stereocenters. The lowest BCUT2D eigenvalue weighted by Crippen LogP contribution is -2.52. The van der Waals surface area contributed by atoms with Crippen molar-refractivity contribution in [2.45, 2.75) is 18.7 Å². The first-order valence-corrected chi connectivity index (χ1v) is 8.35. The van der Waals surface area contributed by atoms with E-state index in [9.17, 15) is 0 Å². The first-order valence-electron chi connectivity index (χ1n) is 7.47. The van der Waals surface area contributed by atoms with Gasteiger partial charge in [0.25, 0.3) is 0 Å². The Kier molecular flexibility index (Phi) is 4.73. The maximum Gasteiger partial charge on any atom is 0.0870 e. The average Bonchev–Trinajstić information content (AvgIpc) is 3.05. The lowest BCUT2D eigenvalue weighted by atomic mass is 10.1. The fourth-order valence-corrected chi connectivity index (χ4v) is 3.94. The number of rotatable bonds is 5. The molecule has 0 spiro atoms. The fourth-order valence-electron chi connectivity index (χ4n) is 3.19. The van der Waals surface area contributed by atoms with Crippen LogP contribution >= 0.6 is 11.3 Å². The summed E-state index contributed by atoms with van der Waals surface area (Å²) in [6, 6.07) is 4.96. The van der Waals surface area contributed by atoms with Crippen molar-refractivity contribution >= 4 is 11.3 Å². The van der Waals surface area contributed by atoms with Crippen LogP contribution in [-0.2, 0) is 11.3 Å². The maximum absolute atomic E-state index is 5.99. The molecule has 0 bridgehead atoms. The first kappa shape index (κ1) is 14.5. The van der Waals surface area contributed by atoms with E-state index in [0.29, 0.717) is 12.1 Å². The summed E-state index contributed by atoms with van der Waals surface area (Å²) < 4.78 is 5.99. The third-order valence-electron chi connectivity index (χ3n) is 4.29. The second kappa shape index (κ2) is 6.54. The van der Waals surface area contributed by atoms with Gasteiger partial charge in [-0.05, 0) is 25.5 Å². The fraction of sp³-hybridized carbons (Fsp3) is 0.733. The summed E-state index contributed by atoms with van der Waals surface area (Å²) in [5, 5.41) is 2.17. The van der Waals surface area contributed by atoms with Crippen LogP contribution in [0.15, 0.2) is 17.5 Å². The Bertz CT molecular complexity index is 409. The van der Waals surface area contributed by atoms with Gasteiger partial charge in [-0.15, -0.1) is 11.3 Å². The highest BCUT2D eigenvalue weighted by Crippen LogP contribution is 2.25. The van der Waals surface area contributed by atoms with Crippen LogP contribution in [0.4, 0.5) is 0 Å². The molecule has 2 aliphatic heterocycles. The molecule has 0 aliphatic carbocycles. The Morgan fingerprint density at radius 1 is 1.40 bits per heavy atom. The summed E-state index contributed by atoms with van der Waals surface area (Å²) in [5.41, 5.74) is 0. The molecule has 3 heterocycles. The largest absolute Gasteiger partial charge is 0.374 e. The van der Waals surface area contributed by atoms with Gasteiger partial charge in [-0.3, -0.25) is 9.80 Å². The van der Waals surface area contributed by atoms with Gasteiger partial charge in [0.15, 0.2) is 0 Å². The van der Waals surface area contributed by atoms with E-state index in [1.54, 1.807) is 0 Å². The standard InChI is InChI=1S/C15H25N3OS/c1-16(2)5-6-18-7-8-19-15-12-17(11-14(15)18)10-13-4-3-9-20-13/h3-4,9,14-15H,5-8,10-12H2,1-2H3/t14-,15+/m0/s1. The van der Waals surface area contributed by atoms with Crippen LogP contribution < -0.4 is 0 Å². The van der Waals surface area contributed by atoms with E-state index in [-0.39, 0.29) is 0 Å². The molecule has 0 radical (unpaired) electrons. The Morgan fingerprint density at radius 3 is 3.05 bits per heavy atom. The number of likely N-dealkylation sites (N-methyl/N-ethyl adjacent to an activating group) is 1. The van der Waals surface area contributed by atoms with Crippen LogP contribution in [0, 0.1) is 0 Å². The van der Waals surface area contributed by atoms with Gasteiger partial charge in [0.1, 0.15) is 0 Å². The number of hydrogen-bond acceptors (Lipinski definition) is 5. The second-order valence-electron chi connectivity index (χ2n) is 6.09. The Morgan fingerprint density at radius 2 is 2.30 bits per heavy atom. The average molecular weight is 295 g/mol. The third-order valence-corrected chi connectivity index (χ3v) is 5.15. The minimum absolute atomic E-state index is 0.408. The Labute approximate surface area is 125 Å². The van der Waals surface area contributed by atoms with Crippen molar-refractivity contribution in [3.63, 3.8) is 0 Å². The van der Waals surface area contributed by atoms with Crippen molar-refractivity contribution in [3.05, 3.63) is 22.4 Å². The minimum atomic E-state index is 0.408. The molecule has 5 heteroatoms. The maximum atomic E-state index is 5.99. The van der Waals surface area contributed by atoms with E-state index in [0.717, 1.165) is 45.9 Å². The highest BCUT2D eigenvalue weighted by Gasteiger charge is 2.39. The van der Waals surface area contributed by atoms with E-state index in [2.05, 4.69) is 46.3 Å². The van der Waals surface area contributed by atoms with Gasteiger partial charge in [0, 0.05) is 50.2 Å². The van der Waals surface area contributed by atoms with Crippen molar-refractivity contribution in [3.8, 4) is 0 Å². The molecule has 2 fully saturated rings. The van der Waals surface area contributed by atoms with Crippen molar-refractivity contribution in [1.82, 2.24) is 14.7 Å². The predicted molar refractivity (Wildman–Crippen MR) is 83.3 cm³/mol. The molecule has 3 rings (SSSR count). The highest BCUT2D eigenvalue weighted by atomic mass is 32.1. The summed E-state index contributed by atoms with van der Waals surface area (Å²) in [6.07, 6.45) is 0.408. The number of nitrogens with zero attached hydrogens (tertiary/aromatic N) is 3. The van der Waals surface area contributed by atoms with Crippen LogP contribution in [0.5, 0.6) is 0 Å². The monoisotopic (exact) mass is 295 g/mol. The van der Waals surface area contributed by atoms with Crippen molar-refractivity contribution in [1.29, 1.82) is 0 Å². The molecular formula is C15H25N3OS. The van der Waals surface area contributed by atoms with Gasteiger partial charge in [0.05, 0.1) is 12.7 Å². The number of morpholine rings is 1. The zero-order chi connectivity index (χ0) is 13.9. The topological polar surface area (TPSA) is 19.0 Å².